The van der Waals surface area contributed by atoms with E-state index in [0.717, 1.165) is 19.4 Å². The number of amides is 2. The Morgan fingerprint density at radius 1 is 1.45 bits per heavy atom. The van der Waals surface area contributed by atoms with Crippen LogP contribution in [0.5, 0.6) is 0 Å². The van der Waals surface area contributed by atoms with E-state index < -0.39 is 0 Å². The molecule has 1 atom stereocenters. The van der Waals surface area contributed by atoms with E-state index in [1.165, 1.54) is 4.90 Å². The SMILES string of the molecule is CN1CCN(C(=O)c2noc(C3CCCN3)n2)CC1=O. The van der Waals surface area contributed by atoms with Crippen LogP contribution >= 0.6 is 0 Å². The van der Waals surface area contributed by atoms with Crippen molar-refractivity contribution < 1.29 is 14.1 Å². The molecule has 0 spiro atoms. The van der Waals surface area contributed by atoms with Crippen LogP contribution in [0.15, 0.2) is 4.52 Å². The van der Waals surface area contributed by atoms with Gasteiger partial charge in [0.15, 0.2) is 0 Å². The molecular weight excluding hydrogens is 262 g/mol. The molecule has 1 unspecified atom stereocenters. The van der Waals surface area contributed by atoms with Gasteiger partial charge in [-0.15, -0.1) is 0 Å². The molecule has 2 amide bonds. The Kier molecular flexibility index (Phi) is 3.39. The highest BCUT2D eigenvalue weighted by molar-refractivity contribution is 5.94. The molecular formula is C12H17N5O3. The molecule has 2 aliphatic rings. The summed E-state index contributed by atoms with van der Waals surface area (Å²) in [6.45, 7) is 2.01. The van der Waals surface area contributed by atoms with Crippen LogP contribution in [0.3, 0.4) is 0 Å². The van der Waals surface area contributed by atoms with Crippen molar-refractivity contribution in [2.45, 2.75) is 18.9 Å². The Morgan fingerprint density at radius 3 is 3.00 bits per heavy atom. The second kappa shape index (κ2) is 5.20. The monoisotopic (exact) mass is 279 g/mol. The highest BCUT2D eigenvalue weighted by Crippen LogP contribution is 2.21. The van der Waals surface area contributed by atoms with Gasteiger partial charge in [0.25, 0.3) is 11.7 Å². The van der Waals surface area contributed by atoms with E-state index >= 15 is 0 Å². The fourth-order valence-corrected chi connectivity index (χ4v) is 2.43. The Labute approximate surface area is 116 Å². The van der Waals surface area contributed by atoms with Gasteiger partial charge in [0.05, 0.1) is 6.04 Å². The molecule has 0 aliphatic carbocycles. The van der Waals surface area contributed by atoms with Gasteiger partial charge in [-0.2, -0.15) is 4.98 Å². The number of rotatable bonds is 2. The first-order chi connectivity index (χ1) is 9.65. The molecule has 0 bridgehead atoms. The number of hydrogen-bond acceptors (Lipinski definition) is 6. The Hall–Kier alpha value is -1.96. The van der Waals surface area contributed by atoms with Crippen molar-refractivity contribution in [3.8, 4) is 0 Å². The van der Waals surface area contributed by atoms with Crippen LogP contribution in [0.2, 0.25) is 0 Å². The molecule has 2 saturated heterocycles. The van der Waals surface area contributed by atoms with E-state index in [4.69, 9.17) is 4.52 Å². The van der Waals surface area contributed by atoms with Crippen LogP contribution in [0.1, 0.15) is 35.4 Å². The third-order valence-electron chi connectivity index (χ3n) is 3.74. The van der Waals surface area contributed by atoms with Gasteiger partial charge in [0.2, 0.25) is 11.8 Å². The predicted octanol–water partition coefficient (Wildman–Crippen LogP) is -0.592. The number of carbonyl (C=O) groups is 2. The third-order valence-corrected chi connectivity index (χ3v) is 3.74. The number of nitrogens with one attached hydrogen (secondary N) is 1. The topological polar surface area (TPSA) is 91.6 Å². The second-order valence-corrected chi connectivity index (χ2v) is 5.15. The maximum absolute atomic E-state index is 12.2. The molecule has 0 aromatic carbocycles. The molecule has 1 N–H and O–H groups in total. The number of nitrogens with zero attached hydrogens (tertiary/aromatic N) is 4. The molecule has 8 nitrogen and oxygen atoms in total. The molecule has 2 aliphatic heterocycles. The number of carbonyl (C=O) groups excluding carboxylic acids is 2. The van der Waals surface area contributed by atoms with Crippen molar-refractivity contribution in [3.63, 3.8) is 0 Å². The number of aromatic nitrogens is 2. The van der Waals surface area contributed by atoms with Crippen molar-refractivity contribution in [2.24, 2.45) is 0 Å². The van der Waals surface area contributed by atoms with Gasteiger partial charge in [-0.05, 0) is 19.4 Å². The molecule has 20 heavy (non-hydrogen) atoms. The van der Waals surface area contributed by atoms with E-state index in [-0.39, 0.29) is 30.2 Å². The highest BCUT2D eigenvalue weighted by atomic mass is 16.5. The zero-order valence-electron chi connectivity index (χ0n) is 11.3. The van der Waals surface area contributed by atoms with Gasteiger partial charge in [-0.25, -0.2) is 0 Å². The number of likely N-dealkylation sites (N-methyl/N-ethyl adjacent to an activating group) is 1. The minimum atomic E-state index is -0.348. The summed E-state index contributed by atoms with van der Waals surface area (Å²) in [5, 5.41) is 6.97. The second-order valence-electron chi connectivity index (χ2n) is 5.15. The van der Waals surface area contributed by atoms with Crippen LogP contribution in [0, 0.1) is 0 Å². The summed E-state index contributed by atoms with van der Waals surface area (Å²) in [6.07, 6.45) is 1.99. The quantitative estimate of drug-likeness (QED) is 0.778. The normalized spacial score (nSPS) is 23.4. The molecule has 3 rings (SSSR count). The average Bonchev–Trinajstić information content (AvgIpc) is 3.11. The fourth-order valence-electron chi connectivity index (χ4n) is 2.43. The first kappa shape index (κ1) is 13.0. The van der Waals surface area contributed by atoms with Gasteiger partial charge in [-0.1, -0.05) is 5.16 Å². The van der Waals surface area contributed by atoms with E-state index in [9.17, 15) is 9.59 Å². The molecule has 0 radical (unpaired) electrons. The molecule has 0 saturated carbocycles. The number of piperazine rings is 1. The summed E-state index contributed by atoms with van der Waals surface area (Å²) >= 11 is 0. The lowest BCUT2D eigenvalue weighted by Gasteiger charge is -2.31. The van der Waals surface area contributed by atoms with Crippen LogP contribution in [0.25, 0.3) is 0 Å². The molecule has 8 heteroatoms. The molecule has 1 aromatic rings. The standard InChI is InChI=1S/C12H17N5O3/c1-16-5-6-17(7-9(16)18)12(19)10-14-11(20-15-10)8-3-2-4-13-8/h8,13H,2-7H2,1H3. The van der Waals surface area contributed by atoms with Crippen LogP contribution < -0.4 is 5.32 Å². The van der Waals surface area contributed by atoms with E-state index in [0.29, 0.717) is 19.0 Å². The first-order valence-electron chi connectivity index (χ1n) is 6.75. The van der Waals surface area contributed by atoms with E-state index in [2.05, 4.69) is 15.5 Å². The third kappa shape index (κ3) is 2.38. The predicted molar refractivity (Wildman–Crippen MR) is 67.8 cm³/mol. The van der Waals surface area contributed by atoms with Gasteiger partial charge in [0, 0.05) is 20.1 Å². The van der Waals surface area contributed by atoms with Gasteiger partial charge >= 0.3 is 0 Å². The van der Waals surface area contributed by atoms with Crippen LogP contribution in [-0.2, 0) is 4.79 Å². The van der Waals surface area contributed by atoms with Crippen molar-refractivity contribution >= 4 is 11.8 Å². The van der Waals surface area contributed by atoms with Crippen molar-refractivity contribution in [2.75, 3.05) is 33.2 Å². The Morgan fingerprint density at radius 2 is 2.30 bits per heavy atom. The summed E-state index contributed by atoms with van der Waals surface area (Å²) in [5.74, 6) is 0.0579. The maximum Gasteiger partial charge on any atom is 0.295 e. The maximum atomic E-state index is 12.2. The molecule has 3 heterocycles. The Balaban J connectivity index is 1.69. The summed E-state index contributed by atoms with van der Waals surface area (Å²) in [4.78, 5) is 31.1. The smallest absolute Gasteiger partial charge is 0.295 e. The minimum Gasteiger partial charge on any atom is -0.342 e. The molecule has 2 fully saturated rings. The summed E-state index contributed by atoms with van der Waals surface area (Å²) in [7, 11) is 1.72. The average molecular weight is 279 g/mol. The summed E-state index contributed by atoms with van der Waals surface area (Å²) in [6, 6.07) is 0.0400. The lowest BCUT2D eigenvalue weighted by molar-refractivity contribution is -0.133. The Bertz CT molecular complexity index is 523. The zero-order valence-corrected chi connectivity index (χ0v) is 11.3. The lowest BCUT2D eigenvalue weighted by atomic mass is 10.2. The van der Waals surface area contributed by atoms with Crippen molar-refractivity contribution in [1.29, 1.82) is 0 Å². The van der Waals surface area contributed by atoms with E-state index in [1.54, 1.807) is 11.9 Å². The highest BCUT2D eigenvalue weighted by Gasteiger charge is 2.30. The summed E-state index contributed by atoms with van der Waals surface area (Å²) < 4.78 is 5.14. The van der Waals surface area contributed by atoms with Crippen LogP contribution in [0.4, 0.5) is 0 Å². The minimum absolute atomic E-state index is 0.0334. The summed E-state index contributed by atoms with van der Waals surface area (Å²) in [5.41, 5.74) is 0. The van der Waals surface area contributed by atoms with Crippen molar-refractivity contribution in [3.05, 3.63) is 11.7 Å². The van der Waals surface area contributed by atoms with Crippen molar-refractivity contribution in [1.82, 2.24) is 25.3 Å². The fraction of sp³-hybridized carbons (Fsp3) is 0.667. The lowest BCUT2D eigenvalue weighted by Crippen LogP contribution is -2.50. The van der Waals surface area contributed by atoms with Gasteiger partial charge in [-0.3, -0.25) is 9.59 Å². The largest absolute Gasteiger partial charge is 0.342 e. The molecule has 1 aromatic heterocycles. The first-order valence-corrected chi connectivity index (χ1v) is 6.75. The molecule has 108 valence electrons. The van der Waals surface area contributed by atoms with Crippen LogP contribution in [-0.4, -0.2) is 65.0 Å². The zero-order chi connectivity index (χ0) is 14.1. The van der Waals surface area contributed by atoms with Gasteiger partial charge < -0.3 is 19.6 Å². The number of hydrogen-bond donors (Lipinski definition) is 1. The van der Waals surface area contributed by atoms with Gasteiger partial charge in [0.1, 0.15) is 6.54 Å². The van der Waals surface area contributed by atoms with E-state index in [1.807, 2.05) is 0 Å².